The lowest BCUT2D eigenvalue weighted by atomic mass is 9.99. The summed E-state index contributed by atoms with van der Waals surface area (Å²) in [6.45, 7) is 4.91. The van der Waals surface area contributed by atoms with Crippen LogP contribution < -0.4 is 5.32 Å². The van der Waals surface area contributed by atoms with Crippen molar-refractivity contribution < 1.29 is 14.0 Å². The summed E-state index contributed by atoms with van der Waals surface area (Å²) in [5, 5.41) is 3.41. The smallest absolute Gasteiger partial charge is 0.243 e. The lowest BCUT2D eigenvalue weighted by Gasteiger charge is -2.37. The molecule has 0 bridgehead atoms. The van der Waals surface area contributed by atoms with Gasteiger partial charge in [0.05, 0.1) is 11.2 Å². The molecule has 1 N–H and O–H groups in total. The Morgan fingerprint density at radius 2 is 2.19 bits per heavy atom. The normalized spacial score (nSPS) is 17.5. The third-order valence-corrected chi connectivity index (χ3v) is 4.78. The zero-order valence-electron chi connectivity index (χ0n) is 14.9. The molecule has 1 saturated heterocycles. The van der Waals surface area contributed by atoms with E-state index in [1.165, 1.54) is 0 Å². The van der Waals surface area contributed by atoms with Gasteiger partial charge in [0.15, 0.2) is 11.7 Å². The van der Waals surface area contributed by atoms with E-state index in [9.17, 15) is 9.59 Å². The van der Waals surface area contributed by atoms with Crippen molar-refractivity contribution in [3.63, 3.8) is 0 Å². The summed E-state index contributed by atoms with van der Waals surface area (Å²) >= 11 is 6.17. The predicted molar refractivity (Wildman–Crippen MR) is 98.6 cm³/mol. The van der Waals surface area contributed by atoms with Gasteiger partial charge in [0.1, 0.15) is 6.04 Å². The van der Waals surface area contributed by atoms with Gasteiger partial charge in [-0.2, -0.15) is 0 Å². The Balaban J connectivity index is 1.65. The Labute approximate surface area is 157 Å². The van der Waals surface area contributed by atoms with Crippen LogP contribution >= 0.6 is 11.6 Å². The Kier molecular flexibility index (Phi) is 5.61. The number of aromatic nitrogens is 1. The van der Waals surface area contributed by atoms with Crippen molar-refractivity contribution in [2.24, 2.45) is 5.92 Å². The van der Waals surface area contributed by atoms with Crippen LogP contribution in [0.15, 0.2) is 34.9 Å². The van der Waals surface area contributed by atoms with Crippen LogP contribution in [-0.4, -0.2) is 40.8 Å². The van der Waals surface area contributed by atoms with E-state index in [1.807, 2.05) is 32.0 Å². The average Bonchev–Trinajstić information content (AvgIpc) is 3.08. The molecular formula is C19H22ClN3O3. The number of piperazine rings is 1. The van der Waals surface area contributed by atoms with Gasteiger partial charge in [-0.05, 0) is 18.1 Å². The van der Waals surface area contributed by atoms with Gasteiger partial charge in [-0.3, -0.25) is 9.59 Å². The molecule has 1 aromatic heterocycles. The molecule has 1 aliphatic rings. The van der Waals surface area contributed by atoms with Crippen molar-refractivity contribution in [2.45, 2.75) is 32.7 Å². The van der Waals surface area contributed by atoms with E-state index >= 15 is 0 Å². The van der Waals surface area contributed by atoms with E-state index in [1.54, 1.807) is 17.2 Å². The fourth-order valence-corrected chi connectivity index (χ4v) is 3.42. The topological polar surface area (TPSA) is 75.4 Å². The van der Waals surface area contributed by atoms with Crippen LogP contribution in [0.4, 0.5) is 0 Å². The average molecular weight is 376 g/mol. The zero-order chi connectivity index (χ0) is 18.7. The van der Waals surface area contributed by atoms with E-state index in [4.69, 9.17) is 16.0 Å². The van der Waals surface area contributed by atoms with E-state index in [-0.39, 0.29) is 24.2 Å². The van der Waals surface area contributed by atoms with Crippen molar-refractivity contribution in [3.05, 3.63) is 41.4 Å². The van der Waals surface area contributed by atoms with Crippen LogP contribution in [0.25, 0.3) is 11.3 Å². The molecule has 0 aliphatic carbocycles. The van der Waals surface area contributed by atoms with Crippen molar-refractivity contribution in [2.75, 3.05) is 13.1 Å². The molecule has 0 unspecified atom stereocenters. The molecule has 6 nitrogen and oxygen atoms in total. The first-order valence-corrected chi connectivity index (χ1v) is 9.12. The molecule has 1 fully saturated rings. The molecule has 138 valence electrons. The quantitative estimate of drug-likeness (QED) is 0.871. The SMILES string of the molecule is CC(C)[C@H]1C(=O)NCCN1C(=O)CCc1ncc(-c2ccccc2Cl)o1. The van der Waals surface area contributed by atoms with E-state index < -0.39 is 6.04 Å². The van der Waals surface area contributed by atoms with E-state index in [0.717, 1.165) is 5.56 Å². The lowest BCUT2D eigenvalue weighted by molar-refractivity contribution is -0.145. The zero-order valence-corrected chi connectivity index (χ0v) is 15.6. The Morgan fingerprint density at radius 3 is 2.92 bits per heavy atom. The number of amides is 2. The maximum atomic E-state index is 12.6. The van der Waals surface area contributed by atoms with Gasteiger partial charge in [0.2, 0.25) is 11.8 Å². The number of carbonyl (C=O) groups is 2. The number of rotatable bonds is 5. The molecular weight excluding hydrogens is 354 g/mol. The predicted octanol–water partition coefficient (Wildman–Crippen LogP) is 2.91. The van der Waals surface area contributed by atoms with Gasteiger partial charge in [0, 0.05) is 31.5 Å². The summed E-state index contributed by atoms with van der Waals surface area (Å²) < 4.78 is 5.74. The van der Waals surface area contributed by atoms with Crippen LogP contribution in [0.3, 0.4) is 0 Å². The van der Waals surface area contributed by atoms with E-state index in [2.05, 4.69) is 10.3 Å². The molecule has 7 heteroatoms. The molecule has 2 amide bonds. The first kappa shape index (κ1) is 18.5. The minimum Gasteiger partial charge on any atom is -0.441 e. The Hall–Kier alpha value is -2.34. The highest BCUT2D eigenvalue weighted by Gasteiger charge is 2.34. The van der Waals surface area contributed by atoms with Crippen LogP contribution in [0.5, 0.6) is 0 Å². The second-order valence-electron chi connectivity index (χ2n) is 6.67. The first-order chi connectivity index (χ1) is 12.5. The fraction of sp³-hybridized carbons (Fsp3) is 0.421. The van der Waals surface area contributed by atoms with Crippen LogP contribution in [0.1, 0.15) is 26.2 Å². The highest BCUT2D eigenvalue weighted by molar-refractivity contribution is 6.33. The highest BCUT2D eigenvalue weighted by atomic mass is 35.5. The lowest BCUT2D eigenvalue weighted by Crippen LogP contribution is -2.59. The molecule has 1 aromatic carbocycles. The summed E-state index contributed by atoms with van der Waals surface area (Å²) in [5.74, 6) is 0.979. The molecule has 0 spiro atoms. The van der Waals surface area contributed by atoms with Crippen molar-refractivity contribution >= 4 is 23.4 Å². The minimum atomic E-state index is -0.417. The Bertz CT molecular complexity index is 803. The molecule has 26 heavy (non-hydrogen) atoms. The molecule has 1 atom stereocenters. The maximum Gasteiger partial charge on any atom is 0.243 e. The van der Waals surface area contributed by atoms with Gasteiger partial charge in [0.25, 0.3) is 0 Å². The second kappa shape index (κ2) is 7.91. The first-order valence-electron chi connectivity index (χ1n) is 8.74. The third kappa shape index (κ3) is 3.90. The fourth-order valence-electron chi connectivity index (χ4n) is 3.20. The van der Waals surface area contributed by atoms with Crippen LogP contribution in [-0.2, 0) is 16.0 Å². The molecule has 2 heterocycles. The standard InChI is InChI=1S/C19H22ClN3O3/c1-12(2)18-19(25)21-9-10-23(18)17(24)8-7-16-22-11-15(26-16)13-5-3-4-6-14(13)20/h3-6,11-12,18H,7-10H2,1-2H3,(H,21,25)/t18-/m0/s1. The molecule has 0 saturated carbocycles. The summed E-state index contributed by atoms with van der Waals surface area (Å²) in [5.41, 5.74) is 0.770. The number of carbonyl (C=O) groups excluding carboxylic acids is 2. The molecule has 2 aromatic rings. The second-order valence-corrected chi connectivity index (χ2v) is 7.07. The number of benzene rings is 1. The monoisotopic (exact) mass is 375 g/mol. The summed E-state index contributed by atoms with van der Waals surface area (Å²) in [7, 11) is 0. The van der Waals surface area contributed by atoms with Gasteiger partial charge >= 0.3 is 0 Å². The van der Waals surface area contributed by atoms with Crippen molar-refractivity contribution in [3.8, 4) is 11.3 Å². The van der Waals surface area contributed by atoms with Crippen LogP contribution in [0.2, 0.25) is 5.02 Å². The number of oxazole rings is 1. The van der Waals surface area contributed by atoms with Crippen LogP contribution in [0, 0.1) is 5.92 Å². The molecule has 0 radical (unpaired) electrons. The maximum absolute atomic E-state index is 12.6. The van der Waals surface area contributed by atoms with Crippen molar-refractivity contribution in [1.29, 1.82) is 0 Å². The number of nitrogens with one attached hydrogen (secondary N) is 1. The Morgan fingerprint density at radius 1 is 1.42 bits per heavy atom. The molecule has 1 aliphatic heterocycles. The van der Waals surface area contributed by atoms with Gasteiger partial charge < -0.3 is 14.6 Å². The molecule has 3 rings (SSSR count). The number of halogens is 1. The largest absolute Gasteiger partial charge is 0.441 e. The summed E-state index contributed by atoms with van der Waals surface area (Å²) in [6.07, 6.45) is 2.25. The highest BCUT2D eigenvalue weighted by Crippen LogP contribution is 2.28. The number of nitrogens with zero attached hydrogens (tertiary/aromatic N) is 2. The van der Waals surface area contributed by atoms with E-state index in [0.29, 0.717) is 36.2 Å². The van der Waals surface area contributed by atoms with Crippen molar-refractivity contribution in [1.82, 2.24) is 15.2 Å². The van der Waals surface area contributed by atoms with Gasteiger partial charge in [-0.15, -0.1) is 0 Å². The third-order valence-electron chi connectivity index (χ3n) is 4.45. The van der Waals surface area contributed by atoms with Gasteiger partial charge in [-0.25, -0.2) is 4.98 Å². The van der Waals surface area contributed by atoms with Gasteiger partial charge in [-0.1, -0.05) is 37.6 Å². The number of hydrogen-bond donors (Lipinski definition) is 1. The summed E-state index contributed by atoms with van der Waals surface area (Å²) in [6, 6.07) is 6.95. The number of aryl methyl sites for hydroxylation is 1. The minimum absolute atomic E-state index is 0.0592. The number of hydrogen-bond acceptors (Lipinski definition) is 4. The summed E-state index contributed by atoms with van der Waals surface area (Å²) in [4.78, 5) is 30.6.